The highest BCUT2D eigenvalue weighted by molar-refractivity contribution is 6.32. The summed E-state index contributed by atoms with van der Waals surface area (Å²) in [6.07, 6.45) is -5.11. The Hall–Kier alpha value is -2.84. The van der Waals surface area contributed by atoms with Crippen molar-refractivity contribution in [1.29, 1.82) is 0 Å². The number of halogens is 3. The molecule has 6 nitrogen and oxygen atoms in total. The Labute approximate surface area is 147 Å². The number of nitrogens with zero attached hydrogens (tertiary/aromatic N) is 2. The maximum absolute atomic E-state index is 13.3. The third-order valence-electron chi connectivity index (χ3n) is 3.39. The van der Waals surface area contributed by atoms with E-state index in [1.54, 1.807) is 12.1 Å². The topological polar surface area (TPSA) is 68.2 Å². The Kier molecular flexibility index (Phi) is 5.38. The van der Waals surface area contributed by atoms with Gasteiger partial charge in [0.2, 0.25) is 0 Å². The van der Waals surface area contributed by atoms with E-state index in [4.69, 9.17) is 4.74 Å². The van der Waals surface area contributed by atoms with Crippen molar-refractivity contribution in [3.05, 3.63) is 35.4 Å². The first-order chi connectivity index (χ1) is 12.1. The number of hydrazone groups is 1. The van der Waals surface area contributed by atoms with Crippen molar-refractivity contribution in [2.75, 3.05) is 12.1 Å². The van der Waals surface area contributed by atoms with Crippen LogP contribution in [0.25, 0.3) is 0 Å². The Bertz CT molecular complexity index is 780. The molecule has 0 fully saturated rings. The summed E-state index contributed by atoms with van der Waals surface area (Å²) in [4.78, 5) is 24.1. The molecule has 0 saturated carbocycles. The van der Waals surface area contributed by atoms with E-state index >= 15 is 0 Å². The fraction of sp³-hybridized carbons (Fsp3) is 0.353. The van der Waals surface area contributed by atoms with Crippen LogP contribution in [-0.2, 0) is 14.3 Å². The second kappa shape index (κ2) is 7.19. The van der Waals surface area contributed by atoms with Gasteiger partial charge in [0.15, 0.2) is 5.57 Å². The van der Waals surface area contributed by atoms with Crippen LogP contribution in [0.1, 0.15) is 20.8 Å². The van der Waals surface area contributed by atoms with Gasteiger partial charge in [0.1, 0.15) is 5.75 Å². The Morgan fingerprint density at radius 3 is 2.23 bits per heavy atom. The van der Waals surface area contributed by atoms with E-state index in [1.807, 2.05) is 13.8 Å². The zero-order valence-corrected chi connectivity index (χ0v) is 14.5. The number of hydrogen-bond acceptors (Lipinski definition) is 5. The minimum Gasteiger partial charge on any atom is -0.491 e. The number of amides is 1. The molecular formula is C17H17F3N2O4. The Balaban J connectivity index is 2.43. The highest BCUT2D eigenvalue weighted by Crippen LogP contribution is 2.34. The number of alkyl halides is 3. The van der Waals surface area contributed by atoms with E-state index in [2.05, 4.69) is 9.84 Å². The monoisotopic (exact) mass is 370 g/mol. The summed E-state index contributed by atoms with van der Waals surface area (Å²) in [6, 6.07) is 6.11. The number of rotatable bonds is 4. The first-order valence-corrected chi connectivity index (χ1v) is 7.62. The molecule has 1 aliphatic rings. The standard InChI is InChI=1S/C17H17F3N2O4/c1-9(2)26-12-7-5-11(6-8-12)22-15(23)13(10(3)21-22)14(16(24)25-4)17(18,19)20/h5-9H,1-4H3/b14-13-. The van der Waals surface area contributed by atoms with Crippen molar-refractivity contribution in [1.82, 2.24) is 0 Å². The number of anilines is 1. The van der Waals surface area contributed by atoms with Crippen LogP contribution in [0.3, 0.4) is 0 Å². The number of carbonyl (C=O) groups excluding carboxylic acids is 2. The van der Waals surface area contributed by atoms with Gasteiger partial charge in [-0.1, -0.05) is 0 Å². The highest BCUT2D eigenvalue weighted by Gasteiger charge is 2.47. The summed E-state index contributed by atoms with van der Waals surface area (Å²) in [6.45, 7) is 4.90. The second-order valence-electron chi connectivity index (χ2n) is 5.70. The molecule has 1 amide bonds. The van der Waals surface area contributed by atoms with Gasteiger partial charge >= 0.3 is 12.1 Å². The van der Waals surface area contributed by atoms with E-state index in [-0.39, 0.29) is 17.5 Å². The van der Waals surface area contributed by atoms with E-state index in [0.717, 1.165) is 12.1 Å². The zero-order valence-electron chi connectivity index (χ0n) is 14.5. The third-order valence-corrected chi connectivity index (χ3v) is 3.39. The number of esters is 1. The smallest absolute Gasteiger partial charge is 0.424 e. The molecule has 1 aliphatic heterocycles. The van der Waals surface area contributed by atoms with Gasteiger partial charge in [0, 0.05) is 0 Å². The molecule has 0 saturated heterocycles. The number of hydrogen-bond donors (Lipinski definition) is 0. The van der Waals surface area contributed by atoms with Crippen molar-refractivity contribution in [3.8, 4) is 5.75 Å². The van der Waals surface area contributed by atoms with E-state index in [1.165, 1.54) is 19.1 Å². The fourth-order valence-electron chi connectivity index (χ4n) is 2.37. The van der Waals surface area contributed by atoms with Gasteiger partial charge in [-0.15, -0.1) is 0 Å². The molecule has 26 heavy (non-hydrogen) atoms. The van der Waals surface area contributed by atoms with Crippen molar-refractivity contribution < 1.29 is 32.2 Å². The van der Waals surface area contributed by atoms with Crippen molar-refractivity contribution in [3.63, 3.8) is 0 Å². The molecule has 0 radical (unpaired) electrons. The lowest BCUT2D eigenvalue weighted by Gasteiger charge is -2.15. The lowest BCUT2D eigenvalue weighted by molar-refractivity contribution is -0.148. The van der Waals surface area contributed by atoms with Crippen LogP contribution in [0, 0.1) is 0 Å². The molecule has 0 aromatic heterocycles. The second-order valence-corrected chi connectivity index (χ2v) is 5.70. The largest absolute Gasteiger partial charge is 0.491 e. The third kappa shape index (κ3) is 3.87. The summed E-state index contributed by atoms with van der Waals surface area (Å²) >= 11 is 0. The normalized spacial score (nSPS) is 16.7. The summed E-state index contributed by atoms with van der Waals surface area (Å²) < 4.78 is 49.4. The lowest BCUT2D eigenvalue weighted by Crippen LogP contribution is -2.29. The van der Waals surface area contributed by atoms with Crippen LogP contribution >= 0.6 is 0 Å². The molecule has 2 rings (SSSR count). The van der Waals surface area contributed by atoms with Crippen LogP contribution in [0.2, 0.25) is 0 Å². The molecule has 0 unspecified atom stereocenters. The van der Waals surface area contributed by atoms with Gasteiger partial charge in [0.05, 0.1) is 30.2 Å². The fourth-order valence-corrected chi connectivity index (χ4v) is 2.37. The van der Waals surface area contributed by atoms with Gasteiger partial charge in [-0.2, -0.15) is 23.3 Å². The van der Waals surface area contributed by atoms with E-state index < -0.39 is 29.2 Å². The highest BCUT2D eigenvalue weighted by atomic mass is 19.4. The molecule has 0 bridgehead atoms. The van der Waals surface area contributed by atoms with Gasteiger partial charge in [-0.3, -0.25) is 4.79 Å². The molecular weight excluding hydrogens is 353 g/mol. The lowest BCUT2D eigenvalue weighted by atomic mass is 10.0. The minimum atomic E-state index is -5.06. The maximum Gasteiger partial charge on any atom is 0.424 e. The molecule has 0 atom stereocenters. The zero-order chi connectivity index (χ0) is 19.6. The average Bonchev–Trinajstić information content (AvgIpc) is 2.82. The summed E-state index contributed by atoms with van der Waals surface area (Å²) in [5.41, 5.74) is -2.48. The molecule has 1 aromatic rings. The first-order valence-electron chi connectivity index (χ1n) is 7.62. The molecule has 140 valence electrons. The molecule has 1 aromatic carbocycles. The predicted octanol–water partition coefficient (Wildman–Crippen LogP) is 3.23. The molecule has 1 heterocycles. The number of ether oxygens (including phenoxy) is 2. The maximum atomic E-state index is 13.3. The van der Waals surface area contributed by atoms with Crippen molar-refractivity contribution in [2.24, 2.45) is 5.10 Å². The van der Waals surface area contributed by atoms with Crippen LogP contribution in [0.15, 0.2) is 40.5 Å². The van der Waals surface area contributed by atoms with Crippen LogP contribution in [0.4, 0.5) is 18.9 Å². The van der Waals surface area contributed by atoms with Gasteiger partial charge < -0.3 is 9.47 Å². The number of carbonyl (C=O) groups is 2. The number of methoxy groups -OCH3 is 1. The Morgan fingerprint density at radius 1 is 1.19 bits per heavy atom. The predicted molar refractivity (Wildman–Crippen MR) is 87.9 cm³/mol. The number of benzene rings is 1. The van der Waals surface area contributed by atoms with E-state index in [9.17, 15) is 22.8 Å². The molecule has 9 heteroatoms. The first kappa shape index (κ1) is 19.5. The summed E-state index contributed by atoms with van der Waals surface area (Å²) in [7, 11) is 0.811. The van der Waals surface area contributed by atoms with Gasteiger partial charge in [-0.25, -0.2) is 4.79 Å². The summed E-state index contributed by atoms with van der Waals surface area (Å²) in [5.74, 6) is -2.16. The van der Waals surface area contributed by atoms with Gasteiger partial charge in [0.25, 0.3) is 5.91 Å². The van der Waals surface area contributed by atoms with Crippen molar-refractivity contribution in [2.45, 2.75) is 33.1 Å². The summed E-state index contributed by atoms with van der Waals surface area (Å²) in [5, 5.41) is 4.66. The van der Waals surface area contributed by atoms with Crippen molar-refractivity contribution >= 4 is 23.3 Å². The van der Waals surface area contributed by atoms with Crippen LogP contribution in [0.5, 0.6) is 5.75 Å². The molecule has 0 aliphatic carbocycles. The molecule has 0 spiro atoms. The average molecular weight is 370 g/mol. The quantitative estimate of drug-likeness (QED) is 0.603. The van der Waals surface area contributed by atoms with Crippen LogP contribution < -0.4 is 9.75 Å². The Morgan fingerprint density at radius 2 is 1.77 bits per heavy atom. The van der Waals surface area contributed by atoms with E-state index in [0.29, 0.717) is 5.75 Å². The van der Waals surface area contributed by atoms with Crippen LogP contribution in [-0.4, -0.2) is 37.0 Å². The van der Waals surface area contributed by atoms with Gasteiger partial charge in [-0.05, 0) is 45.0 Å². The molecule has 0 N–H and O–H groups in total. The minimum absolute atomic E-state index is 0.0570. The SMILES string of the molecule is COC(=O)/C(=C1/C(=O)N(c2ccc(OC(C)C)cc2)N=C1C)C(F)(F)F.